The molecule has 5 heteroatoms. The minimum absolute atomic E-state index is 0.00372. The summed E-state index contributed by atoms with van der Waals surface area (Å²) in [6.45, 7) is 2.91. The summed E-state index contributed by atoms with van der Waals surface area (Å²) in [5.41, 5.74) is 5.65. The zero-order valence-electron chi connectivity index (χ0n) is 8.38. The van der Waals surface area contributed by atoms with Gasteiger partial charge in [-0.25, -0.2) is 0 Å². The molecule has 80 valence electrons. The molecule has 1 rings (SSSR count). The van der Waals surface area contributed by atoms with E-state index >= 15 is 0 Å². The number of nitrogens with one attached hydrogen (secondary N) is 2. The van der Waals surface area contributed by atoms with Crippen molar-refractivity contribution in [3.8, 4) is 0 Å². The van der Waals surface area contributed by atoms with Crippen molar-refractivity contribution in [3.63, 3.8) is 0 Å². The molecule has 0 spiro atoms. The molecule has 1 heterocycles. The van der Waals surface area contributed by atoms with Gasteiger partial charge in [-0.3, -0.25) is 9.59 Å². The Morgan fingerprint density at radius 2 is 2.50 bits per heavy atom. The average Bonchev–Trinajstić information content (AvgIpc) is 2.60. The van der Waals surface area contributed by atoms with E-state index in [4.69, 9.17) is 5.73 Å². The minimum Gasteiger partial charge on any atom is -0.355 e. The number of carbonyl (C=O) groups is 2. The molecule has 0 saturated carbocycles. The molecule has 0 radical (unpaired) electrons. The quantitative estimate of drug-likeness (QED) is 0.541. The Labute approximate surface area is 83.4 Å². The van der Waals surface area contributed by atoms with Crippen molar-refractivity contribution in [1.29, 1.82) is 0 Å². The molecule has 0 aliphatic carbocycles. The van der Waals surface area contributed by atoms with Crippen molar-refractivity contribution in [3.05, 3.63) is 0 Å². The smallest absolute Gasteiger partial charge is 0.225 e. The molecule has 1 fully saturated rings. The molecule has 0 aromatic heterocycles. The predicted octanol–water partition coefficient (Wildman–Crippen LogP) is -1.02. The van der Waals surface area contributed by atoms with E-state index in [2.05, 4.69) is 10.6 Å². The van der Waals surface area contributed by atoms with Crippen LogP contribution in [-0.4, -0.2) is 30.9 Å². The highest BCUT2D eigenvalue weighted by Gasteiger charge is 2.27. The number of nitrogens with two attached hydrogens (primary N) is 1. The van der Waals surface area contributed by atoms with E-state index in [1.54, 1.807) is 0 Å². The molecule has 2 atom stereocenters. The molecule has 5 nitrogen and oxygen atoms in total. The van der Waals surface area contributed by atoms with Gasteiger partial charge in [0.1, 0.15) is 0 Å². The van der Waals surface area contributed by atoms with Gasteiger partial charge < -0.3 is 16.4 Å². The number of hydrogen-bond acceptors (Lipinski definition) is 3. The molecule has 1 aliphatic heterocycles. The van der Waals surface area contributed by atoms with Crippen LogP contribution in [-0.2, 0) is 9.59 Å². The lowest BCUT2D eigenvalue weighted by Crippen LogP contribution is -2.40. The standard InChI is InChI=1S/C9H17N3O2/c1-2-7(10)5-12-9(14)6-3-8(13)11-4-6/h6-7H,2-5,10H2,1H3,(H,11,13)(H,12,14). The summed E-state index contributed by atoms with van der Waals surface area (Å²) in [4.78, 5) is 22.3. The topological polar surface area (TPSA) is 84.2 Å². The zero-order chi connectivity index (χ0) is 10.6. The molecule has 0 aromatic rings. The number of hydrogen-bond donors (Lipinski definition) is 3. The summed E-state index contributed by atoms with van der Waals surface area (Å²) in [5, 5.41) is 5.36. The number of carbonyl (C=O) groups excluding carboxylic acids is 2. The summed E-state index contributed by atoms with van der Waals surface area (Å²) in [7, 11) is 0. The summed E-state index contributed by atoms with van der Waals surface area (Å²) >= 11 is 0. The fraction of sp³-hybridized carbons (Fsp3) is 0.778. The summed E-state index contributed by atoms with van der Waals surface area (Å²) in [6, 6.07) is 0.00372. The van der Waals surface area contributed by atoms with Crippen LogP contribution in [0, 0.1) is 5.92 Å². The van der Waals surface area contributed by atoms with Gasteiger partial charge in [0.05, 0.1) is 5.92 Å². The second-order valence-corrected chi connectivity index (χ2v) is 3.62. The lowest BCUT2D eigenvalue weighted by atomic mass is 10.1. The lowest BCUT2D eigenvalue weighted by molar-refractivity contribution is -0.126. The van der Waals surface area contributed by atoms with Gasteiger partial charge in [0, 0.05) is 25.6 Å². The van der Waals surface area contributed by atoms with Crippen LogP contribution < -0.4 is 16.4 Å². The molecule has 0 aromatic carbocycles. The van der Waals surface area contributed by atoms with Crippen LogP contribution in [0.1, 0.15) is 19.8 Å². The second-order valence-electron chi connectivity index (χ2n) is 3.62. The fourth-order valence-corrected chi connectivity index (χ4v) is 1.31. The van der Waals surface area contributed by atoms with E-state index < -0.39 is 0 Å². The van der Waals surface area contributed by atoms with E-state index in [1.807, 2.05) is 6.92 Å². The minimum atomic E-state index is -0.216. The summed E-state index contributed by atoms with van der Waals surface area (Å²) < 4.78 is 0. The Balaban J connectivity index is 2.25. The van der Waals surface area contributed by atoms with Gasteiger partial charge in [0.15, 0.2) is 0 Å². The molecule has 1 aliphatic rings. The lowest BCUT2D eigenvalue weighted by Gasteiger charge is -2.12. The van der Waals surface area contributed by atoms with Crippen LogP contribution >= 0.6 is 0 Å². The van der Waals surface area contributed by atoms with Crippen LogP contribution in [0.4, 0.5) is 0 Å². The first-order chi connectivity index (χ1) is 6.63. The SMILES string of the molecule is CCC(N)CNC(=O)C1CNC(=O)C1. The third-order valence-electron chi connectivity index (χ3n) is 2.41. The Hall–Kier alpha value is -1.10. The van der Waals surface area contributed by atoms with Crippen LogP contribution in [0.25, 0.3) is 0 Å². The van der Waals surface area contributed by atoms with Gasteiger partial charge in [-0.05, 0) is 6.42 Å². The van der Waals surface area contributed by atoms with E-state index in [-0.39, 0.29) is 23.8 Å². The molecule has 4 N–H and O–H groups in total. The first-order valence-corrected chi connectivity index (χ1v) is 4.93. The van der Waals surface area contributed by atoms with Crippen molar-refractivity contribution in [1.82, 2.24) is 10.6 Å². The Morgan fingerprint density at radius 1 is 1.79 bits per heavy atom. The predicted molar refractivity (Wildman–Crippen MR) is 52.4 cm³/mol. The van der Waals surface area contributed by atoms with Gasteiger partial charge >= 0.3 is 0 Å². The average molecular weight is 199 g/mol. The third-order valence-corrected chi connectivity index (χ3v) is 2.41. The van der Waals surface area contributed by atoms with Crippen LogP contribution in [0.15, 0.2) is 0 Å². The van der Waals surface area contributed by atoms with Gasteiger partial charge in [0.2, 0.25) is 11.8 Å². The van der Waals surface area contributed by atoms with E-state index in [0.29, 0.717) is 19.5 Å². The van der Waals surface area contributed by atoms with Gasteiger partial charge in [-0.15, -0.1) is 0 Å². The Morgan fingerprint density at radius 3 is 3.00 bits per heavy atom. The third kappa shape index (κ3) is 2.99. The van der Waals surface area contributed by atoms with Crippen molar-refractivity contribution in [2.45, 2.75) is 25.8 Å². The number of rotatable bonds is 4. The molecule has 14 heavy (non-hydrogen) atoms. The Kier molecular flexibility index (Phi) is 3.88. The van der Waals surface area contributed by atoms with E-state index in [1.165, 1.54) is 0 Å². The molecule has 0 bridgehead atoms. The molecule has 2 amide bonds. The molecule has 1 saturated heterocycles. The number of amides is 2. The van der Waals surface area contributed by atoms with Crippen molar-refractivity contribution >= 4 is 11.8 Å². The van der Waals surface area contributed by atoms with Crippen LogP contribution in [0.5, 0.6) is 0 Å². The first kappa shape index (κ1) is 11.0. The maximum atomic E-state index is 11.5. The highest BCUT2D eigenvalue weighted by Crippen LogP contribution is 2.08. The molecular weight excluding hydrogens is 182 g/mol. The van der Waals surface area contributed by atoms with Crippen molar-refractivity contribution in [2.75, 3.05) is 13.1 Å². The molecule has 2 unspecified atom stereocenters. The van der Waals surface area contributed by atoms with E-state index in [0.717, 1.165) is 6.42 Å². The summed E-state index contributed by atoms with van der Waals surface area (Å²) in [6.07, 6.45) is 1.13. The van der Waals surface area contributed by atoms with Crippen molar-refractivity contribution in [2.24, 2.45) is 11.7 Å². The highest BCUT2D eigenvalue weighted by molar-refractivity contribution is 5.89. The van der Waals surface area contributed by atoms with E-state index in [9.17, 15) is 9.59 Å². The van der Waals surface area contributed by atoms with Crippen LogP contribution in [0.2, 0.25) is 0 Å². The maximum Gasteiger partial charge on any atom is 0.225 e. The van der Waals surface area contributed by atoms with Gasteiger partial charge in [-0.1, -0.05) is 6.92 Å². The highest BCUT2D eigenvalue weighted by atomic mass is 16.2. The maximum absolute atomic E-state index is 11.5. The Bertz CT molecular complexity index is 230. The van der Waals surface area contributed by atoms with Crippen molar-refractivity contribution < 1.29 is 9.59 Å². The normalized spacial score (nSPS) is 23.0. The van der Waals surface area contributed by atoms with Gasteiger partial charge in [-0.2, -0.15) is 0 Å². The molecular formula is C9H17N3O2. The summed E-state index contributed by atoms with van der Waals surface area (Å²) in [5.74, 6) is -0.344. The largest absolute Gasteiger partial charge is 0.355 e. The first-order valence-electron chi connectivity index (χ1n) is 4.93. The fourth-order valence-electron chi connectivity index (χ4n) is 1.31. The second kappa shape index (κ2) is 4.95. The van der Waals surface area contributed by atoms with Crippen LogP contribution in [0.3, 0.4) is 0 Å². The zero-order valence-corrected chi connectivity index (χ0v) is 8.38. The monoisotopic (exact) mass is 199 g/mol. The van der Waals surface area contributed by atoms with Gasteiger partial charge in [0.25, 0.3) is 0 Å².